The lowest BCUT2D eigenvalue weighted by Crippen LogP contribution is -2.62. The third-order valence-corrected chi connectivity index (χ3v) is 18.5. The van der Waals surface area contributed by atoms with E-state index in [1.165, 1.54) is 18.9 Å². The molecular weight excluding hydrogens is 1030 g/mol. The number of esters is 1. The lowest BCUT2D eigenvalue weighted by Gasteiger charge is -2.51. The van der Waals surface area contributed by atoms with Gasteiger partial charge < -0.3 is 53.6 Å². The Labute approximate surface area is 470 Å². The molecule has 3 aromatic rings. The summed E-state index contributed by atoms with van der Waals surface area (Å²) in [7, 11) is 6.59. The van der Waals surface area contributed by atoms with Gasteiger partial charge >= 0.3 is 12.1 Å². The Balaban J connectivity index is 1.07. The van der Waals surface area contributed by atoms with E-state index in [2.05, 4.69) is 39.0 Å². The Morgan fingerprint density at radius 2 is 1.65 bits per heavy atom. The van der Waals surface area contributed by atoms with Crippen molar-refractivity contribution in [2.24, 2.45) is 34.6 Å². The average Bonchev–Trinajstić information content (AvgIpc) is 4.18. The number of aliphatic hydroxyl groups is 1. The molecule has 2 aromatic heterocycles. The van der Waals surface area contributed by atoms with Gasteiger partial charge in [0.25, 0.3) is 0 Å². The van der Waals surface area contributed by atoms with Crippen molar-refractivity contribution in [2.75, 3.05) is 60.4 Å². The normalized spacial score (nSPS) is 37.1. The third kappa shape index (κ3) is 11.9. The molecule has 0 radical (unpaired) electrons. The van der Waals surface area contributed by atoms with E-state index in [1.807, 2.05) is 65.9 Å². The van der Waals surface area contributed by atoms with Crippen LogP contribution in [-0.2, 0) is 53.9 Å². The number of nitrogens with two attached hydrogens (primary N) is 1. The average molecular weight is 1120 g/mol. The van der Waals surface area contributed by atoms with Gasteiger partial charge in [0.05, 0.1) is 48.1 Å². The number of carbonyl (C=O) groups excluding carboxylic acids is 3. The SMILES string of the molecule is CC[C@H]1OC(=O)[C@H](C)[C@@H](C2C[C@@](C)(OC)C(=O)[C@H](C)O2)[C@H](C)[C@@H](O[C@@H]2O[C@H](C)C[C@H](N(C)CCc3cn([C@H](CF)[C@H](OC)c4ccc(-c5cnc(N)nc5)cc4)nn3)[C@H]2O)[C@](C)(OC)C[C@@H](C)C2=NCCN3C(=O)O[C@@]1(C)[C@H]3[C@H]2C. The van der Waals surface area contributed by atoms with Crippen molar-refractivity contribution in [3.8, 4) is 11.1 Å². The molecule has 5 aliphatic rings. The molecule has 3 N–H and O–H groups in total. The summed E-state index contributed by atoms with van der Waals surface area (Å²) in [6.45, 7) is 19.5. The number of hydrogen-bond acceptors (Lipinski definition) is 19. The molecule has 1 unspecified atom stereocenters. The molecule has 5 aliphatic heterocycles. The van der Waals surface area contributed by atoms with Crippen molar-refractivity contribution in [3.63, 3.8) is 0 Å². The number of fused-ring (bicyclic) bond motifs is 1. The summed E-state index contributed by atoms with van der Waals surface area (Å²) in [5, 5.41) is 21.4. The van der Waals surface area contributed by atoms with Gasteiger partial charge in [-0.1, -0.05) is 64.1 Å². The van der Waals surface area contributed by atoms with E-state index in [9.17, 15) is 14.7 Å². The van der Waals surface area contributed by atoms with Crippen LogP contribution >= 0.6 is 0 Å². The van der Waals surface area contributed by atoms with Crippen LogP contribution in [0.4, 0.5) is 15.1 Å². The number of anilines is 1. The molecule has 1 aromatic carbocycles. The van der Waals surface area contributed by atoms with Crippen molar-refractivity contribution >= 4 is 29.5 Å². The van der Waals surface area contributed by atoms with Gasteiger partial charge in [0, 0.05) is 95.0 Å². The number of nitrogens with zero attached hydrogens (tertiary/aromatic N) is 8. The summed E-state index contributed by atoms with van der Waals surface area (Å²) in [5.41, 5.74) is 5.98. The van der Waals surface area contributed by atoms with Gasteiger partial charge in [0.15, 0.2) is 17.7 Å². The fraction of sp³-hybridized carbons (Fsp3) is 0.724. The number of alkyl halides is 1. The number of carbonyl (C=O) groups is 3. The van der Waals surface area contributed by atoms with Gasteiger partial charge in [0.1, 0.15) is 42.7 Å². The fourth-order valence-corrected chi connectivity index (χ4v) is 14.0. The fourth-order valence-electron chi connectivity index (χ4n) is 14.0. The highest BCUT2D eigenvalue weighted by molar-refractivity contribution is 5.92. The number of Topliss-reactive ketones (excluding diaryl/α,β-unsaturated/α-hetero) is 1. The largest absolute Gasteiger partial charge is 0.458 e. The zero-order valence-electron chi connectivity index (χ0n) is 49.1. The lowest BCUT2D eigenvalue weighted by atomic mass is 9.67. The molecular formula is C58H86FN9O12. The number of amides is 1. The zero-order chi connectivity index (χ0) is 58.2. The standard InChI is InChI=1S/C58H86FN9O12/c1-15-44-58(10)49-35(6)46(61-21-23-67(49)55(72)80-58)31(2)25-57(9,75-14)51(33(4)45(34(5)52(71)78-44)43-26-56(8,74-13)50(70)36(7)77-43)79-53-47(69)41(24-32(3)76-53)66(11)22-20-40-30-68(65-64-40)42(27-59)48(73-12)38-18-16-37(17-19-38)39-28-62-54(60)63-29-39/h16-19,28-36,41-45,47-49,51,53,69H,15,20-27H2,1-14H3,(H2,60,62,63)/t31-,32-,33+,34-,35+,36+,41+,42-,43?,44-,45+,47-,48-,49-,51-,53+,56-,57-,58-/m1/s1. The third-order valence-electron chi connectivity index (χ3n) is 18.5. The molecule has 1 amide bonds. The van der Waals surface area contributed by atoms with Gasteiger partial charge in [-0.15, -0.1) is 5.10 Å². The number of cyclic esters (lactones) is 1. The van der Waals surface area contributed by atoms with Crippen LogP contribution in [0, 0.1) is 29.6 Å². The Morgan fingerprint density at radius 1 is 0.950 bits per heavy atom. The van der Waals surface area contributed by atoms with E-state index in [0.717, 1.165) is 22.4 Å². The number of methoxy groups -OCH3 is 3. The lowest BCUT2D eigenvalue weighted by molar-refractivity contribution is -0.303. The zero-order valence-corrected chi connectivity index (χ0v) is 49.1. The molecule has 80 heavy (non-hydrogen) atoms. The topological polar surface area (TPSA) is 247 Å². The van der Waals surface area contributed by atoms with Gasteiger partial charge in [-0.2, -0.15) is 0 Å². The molecule has 0 spiro atoms. The van der Waals surface area contributed by atoms with Gasteiger partial charge in [0.2, 0.25) is 5.95 Å². The Kier molecular flexibility index (Phi) is 18.9. The highest BCUT2D eigenvalue weighted by Crippen LogP contribution is 2.48. The van der Waals surface area contributed by atoms with E-state index in [-0.39, 0.29) is 36.1 Å². The molecule has 2 bridgehead atoms. The number of nitrogen functional groups attached to an aromatic ring is 1. The Bertz CT molecular complexity index is 2650. The van der Waals surface area contributed by atoms with E-state index in [1.54, 1.807) is 51.4 Å². The number of halogens is 1. The summed E-state index contributed by atoms with van der Waals surface area (Å²) in [4.78, 5) is 59.7. The summed E-state index contributed by atoms with van der Waals surface area (Å²) >= 11 is 0. The molecule has 4 saturated heterocycles. The van der Waals surface area contributed by atoms with Gasteiger partial charge in [-0.3, -0.25) is 19.5 Å². The van der Waals surface area contributed by atoms with Crippen molar-refractivity contribution in [1.29, 1.82) is 0 Å². The summed E-state index contributed by atoms with van der Waals surface area (Å²) in [6.07, 6.45) is -0.431. The highest BCUT2D eigenvalue weighted by Gasteiger charge is 2.61. The molecule has 0 aliphatic carbocycles. The molecule has 22 heteroatoms. The van der Waals surface area contributed by atoms with Crippen molar-refractivity contribution in [2.45, 2.75) is 185 Å². The minimum Gasteiger partial charge on any atom is -0.458 e. The van der Waals surface area contributed by atoms with Crippen LogP contribution in [-0.4, -0.2) is 190 Å². The maximum Gasteiger partial charge on any atom is 0.410 e. The van der Waals surface area contributed by atoms with Crippen molar-refractivity contribution in [1.82, 2.24) is 34.8 Å². The second-order valence-electron chi connectivity index (χ2n) is 23.7. The molecule has 19 atom stereocenters. The Morgan fingerprint density at radius 3 is 2.29 bits per heavy atom. The van der Waals surface area contributed by atoms with E-state index in [4.69, 9.17) is 48.6 Å². The summed E-state index contributed by atoms with van der Waals surface area (Å²) in [6, 6.07) is 5.77. The maximum absolute atomic E-state index is 15.1. The molecule has 21 nitrogen and oxygen atoms in total. The number of benzene rings is 1. The first-order valence-corrected chi connectivity index (χ1v) is 28.4. The molecule has 442 valence electrons. The second kappa shape index (κ2) is 24.8. The van der Waals surface area contributed by atoms with Crippen LogP contribution in [0.15, 0.2) is 47.8 Å². The Hall–Kier alpha value is -5.07. The predicted molar refractivity (Wildman–Crippen MR) is 294 cm³/mol. The van der Waals surface area contributed by atoms with Crippen LogP contribution < -0.4 is 5.73 Å². The number of rotatable bonds is 16. The van der Waals surface area contributed by atoms with Gasteiger partial charge in [-0.05, 0) is 83.9 Å². The van der Waals surface area contributed by atoms with E-state index >= 15 is 9.18 Å². The van der Waals surface area contributed by atoms with Crippen LogP contribution in [0.2, 0.25) is 0 Å². The van der Waals surface area contributed by atoms with E-state index < -0.39 is 114 Å². The molecule has 7 heterocycles. The molecule has 0 saturated carbocycles. The number of aliphatic hydroxyl groups excluding tert-OH is 1. The first kappa shape index (κ1) is 61.0. The quantitative estimate of drug-likeness (QED) is 0.147. The van der Waals surface area contributed by atoms with Crippen molar-refractivity contribution in [3.05, 3.63) is 54.1 Å². The first-order valence-electron chi connectivity index (χ1n) is 28.4. The number of aliphatic imine (C=N–C) groups is 1. The number of likely N-dealkylation sites (N-methyl/N-ethyl adjacent to an activating group) is 1. The number of aromatic nitrogens is 5. The second-order valence-corrected chi connectivity index (χ2v) is 23.7. The highest BCUT2D eigenvalue weighted by atomic mass is 19.1. The molecule has 4 fully saturated rings. The summed E-state index contributed by atoms with van der Waals surface area (Å²) < 4.78 is 68.4. The predicted octanol–water partition coefficient (Wildman–Crippen LogP) is 6.42. The van der Waals surface area contributed by atoms with Crippen LogP contribution in [0.3, 0.4) is 0 Å². The van der Waals surface area contributed by atoms with Crippen LogP contribution in [0.25, 0.3) is 11.1 Å². The minimum atomic E-state index is -1.24. The number of hydrogen-bond donors (Lipinski definition) is 2. The van der Waals surface area contributed by atoms with Crippen molar-refractivity contribution < 1.29 is 61.8 Å². The number of ketones is 1. The number of ether oxygens (including phenoxy) is 8. The smallest absolute Gasteiger partial charge is 0.410 e. The van der Waals surface area contributed by atoms with Crippen LogP contribution in [0.5, 0.6) is 0 Å². The first-order chi connectivity index (χ1) is 38.0. The molecule has 8 rings (SSSR count). The summed E-state index contributed by atoms with van der Waals surface area (Å²) in [5.74, 6) is -3.29. The van der Waals surface area contributed by atoms with Gasteiger partial charge in [-0.25, -0.2) is 23.8 Å². The van der Waals surface area contributed by atoms with E-state index in [0.29, 0.717) is 51.0 Å². The minimum absolute atomic E-state index is 0.127. The van der Waals surface area contributed by atoms with Crippen LogP contribution in [0.1, 0.15) is 118 Å². The monoisotopic (exact) mass is 1120 g/mol. The maximum atomic E-state index is 15.1.